The number of amides is 2. The second-order valence-electron chi connectivity index (χ2n) is 7.97. The summed E-state index contributed by atoms with van der Waals surface area (Å²) in [5, 5.41) is 2.81. The van der Waals surface area contributed by atoms with E-state index in [0.717, 1.165) is 29.5 Å². The van der Waals surface area contributed by atoms with E-state index >= 15 is 0 Å². The Hall–Kier alpha value is -3.01. The molecule has 0 spiro atoms. The number of anilines is 1. The van der Waals surface area contributed by atoms with Crippen LogP contribution in [0.25, 0.3) is 0 Å². The Bertz CT molecular complexity index is 1080. The summed E-state index contributed by atoms with van der Waals surface area (Å²) in [5.74, 6) is -2.09. The maximum atomic E-state index is 13.8. The van der Waals surface area contributed by atoms with Crippen molar-refractivity contribution in [1.82, 2.24) is 10.2 Å². The molecule has 2 aromatic rings. The lowest BCUT2D eigenvalue weighted by Gasteiger charge is -2.33. The zero-order valence-electron chi connectivity index (χ0n) is 19.6. The topological polar surface area (TPSA) is 86.8 Å². The average Bonchev–Trinajstić information content (AvgIpc) is 2.78. The van der Waals surface area contributed by atoms with Gasteiger partial charge in [0.15, 0.2) is 0 Å². The lowest BCUT2D eigenvalue weighted by Crippen LogP contribution is -2.52. The molecular weight excluding hydrogens is 464 g/mol. The third kappa shape index (κ3) is 7.79. The number of rotatable bonds is 12. The fourth-order valence-corrected chi connectivity index (χ4v) is 4.30. The predicted molar refractivity (Wildman–Crippen MR) is 128 cm³/mol. The van der Waals surface area contributed by atoms with E-state index in [9.17, 15) is 26.8 Å². The van der Waals surface area contributed by atoms with Gasteiger partial charge in [0.1, 0.15) is 24.2 Å². The van der Waals surface area contributed by atoms with Crippen LogP contribution in [0.2, 0.25) is 0 Å². The van der Waals surface area contributed by atoms with Crippen molar-refractivity contribution in [3.8, 4) is 0 Å². The van der Waals surface area contributed by atoms with Crippen LogP contribution in [0, 0.1) is 11.6 Å². The third-order valence-corrected chi connectivity index (χ3v) is 6.40. The Morgan fingerprint density at radius 2 is 1.71 bits per heavy atom. The van der Waals surface area contributed by atoms with E-state index in [2.05, 4.69) is 5.32 Å². The fourth-order valence-electron chi connectivity index (χ4n) is 3.46. The summed E-state index contributed by atoms with van der Waals surface area (Å²) in [6.45, 7) is 3.53. The molecular formula is C24H31F2N3O4S. The van der Waals surface area contributed by atoms with Crippen molar-refractivity contribution in [3.05, 3.63) is 65.7 Å². The zero-order chi connectivity index (χ0) is 25.3. The Morgan fingerprint density at radius 3 is 2.26 bits per heavy atom. The number of sulfonamides is 1. The molecule has 0 saturated carbocycles. The van der Waals surface area contributed by atoms with Crippen molar-refractivity contribution in [2.24, 2.45) is 0 Å². The summed E-state index contributed by atoms with van der Waals surface area (Å²) < 4.78 is 52.9. The van der Waals surface area contributed by atoms with Crippen LogP contribution in [0.1, 0.15) is 38.7 Å². The summed E-state index contributed by atoms with van der Waals surface area (Å²) in [5.41, 5.74) is 0.573. The Labute approximate surface area is 199 Å². The van der Waals surface area contributed by atoms with Gasteiger partial charge in [-0.15, -0.1) is 0 Å². The molecule has 0 aliphatic heterocycles. The molecule has 1 atom stereocenters. The van der Waals surface area contributed by atoms with Gasteiger partial charge in [-0.1, -0.05) is 38.5 Å². The van der Waals surface area contributed by atoms with Gasteiger partial charge in [-0.05, 0) is 48.7 Å². The molecule has 7 nitrogen and oxygen atoms in total. The molecule has 10 heteroatoms. The summed E-state index contributed by atoms with van der Waals surface area (Å²) in [7, 11) is -3.94. The number of unbranched alkanes of at least 4 members (excludes halogenated alkanes) is 1. The smallest absolute Gasteiger partial charge is 0.244 e. The molecule has 0 unspecified atom stereocenters. The zero-order valence-corrected chi connectivity index (χ0v) is 20.4. The van der Waals surface area contributed by atoms with Gasteiger partial charge < -0.3 is 10.2 Å². The van der Waals surface area contributed by atoms with Gasteiger partial charge in [-0.25, -0.2) is 17.2 Å². The number of hydrogen-bond acceptors (Lipinski definition) is 4. The Kier molecular flexibility index (Phi) is 9.97. The molecule has 0 aliphatic rings. The maximum Gasteiger partial charge on any atom is 0.244 e. The van der Waals surface area contributed by atoms with Gasteiger partial charge in [0.05, 0.1) is 11.9 Å². The number of hydrogen-bond donors (Lipinski definition) is 1. The van der Waals surface area contributed by atoms with E-state index in [1.165, 1.54) is 47.4 Å². The van der Waals surface area contributed by atoms with Crippen molar-refractivity contribution in [2.75, 3.05) is 23.7 Å². The van der Waals surface area contributed by atoms with Crippen molar-refractivity contribution < 1.29 is 26.8 Å². The lowest BCUT2D eigenvalue weighted by molar-refractivity contribution is -0.140. The number of carbonyl (C=O) groups excluding carboxylic acids is 2. The second-order valence-corrected chi connectivity index (χ2v) is 9.87. The van der Waals surface area contributed by atoms with Crippen LogP contribution in [0.4, 0.5) is 14.5 Å². The molecule has 2 amide bonds. The molecule has 1 N–H and O–H groups in total. The van der Waals surface area contributed by atoms with E-state index in [0.29, 0.717) is 12.1 Å². The molecule has 0 aliphatic carbocycles. The highest BCUT2D eigenvalue weighted by Crippen LogP contribution is 2.20. The monoisotopic (exact) mass is 495 g/mol. The Balaban J connectivity index is 2.39. The van der Waals surface area contributed by atoms with Crippen molar-refractivity contribution in [2.45, 2.75) is 45.7 Å². The normalized spacial score (nSPS) is 12.1. The van der Waals surface area contributed by atoms with Crippen LogP contribution in [0.5, 0.6) is 0 Å². The van der Waals surface area contributed by atoms with Crippen LogP contribution in [0.3, 0.4) is 0 Å². The first-order valence-electron chi connectivity index (χ1n) is 11.1. The van der Waals surface area contributed by atoms with Crippen molar-refractivity contribution in [1.29, 1.82) is 0 Å². The molecule has 186 valence electrons. The van der Waals surface area contributed by atoms with Crippen LogP contribution in [-0.2, 0) is 26.2 Å². The minimum Gasteiger partial charge on any atom is -0.354 e. The number of benzene rings is 2. The lowest BCUT2D eigenvalue weighted by atomic mass is 10.1. The first-order valence-corrected chi connectivity index (χ1v) is 13.0. The minimum absolute atomic E-state index is 0.00183. The van der Waals surface area contributed by atoms with Crippen molar-refractivity contribution in [3.63, 3.8) is 0 Å². The van der Waals surface area contributed by atoms with Gasteiger partial charge in [0.2, 0.25) is 21.8 Å². The van der Waals surface area contributed by atoms with E-state index in [1.807, 2.05) is 6.92 Å². The van der Waals surface area contributed by atoms with E-state index < -0.39 is 40.2 Å². The van der Waals surface area contributed by atoms with Crippen LogP contribution in [0.15, 0.2) is 48.5 Å². The van der Waals surface area contributed by atoms with Gasteiger partial charge in [0.25, 0.3) is 0 Å². The minimum atomic E-state index is -3.94. The van der Waals surface area contributed by atoms with Crippen LogP contribution < -0.4 is 9.62 Å². The summed E-state index contributed by atoms with van der Waals surface area (Å²) in [6.07, 6.45) is 2.86. The standard InChI is InChI=1S/C24H31F2N3O4S/c1-4-6-14-27-24(31)22(5-2)28(16-18-10-12-19(25)13-11-18)23(30)17-29(34(3,32)33)21-9-7-8-20(26)15-21/h7-13,15,22H,4-6,14,16-17H2,1-3H3,(H,27,31)/t22-/m1/s1. The van der Waals surface area contributed by atoms with E-state index in [4.69, 9.17) is 0 Å². The highest BCUT2D eigenvalue weighted by molar-refractivity contribution is 7.92. The first kappa shape index (κ1) is 27.2. The van der Waals surface area contributed by atoms with E-state index in [-0.39, 0.29) is 24.6 Å². The molecule has 0 radical (unpaired) electrons. The summed E-state index contributed by atoms with van der Waals surface area (Å²) >= 11 is 0. The fraction of sp³-hybridized carbons (Fsp3) is 0.417. The molecule has 0 saturated heterocycles. The molecule has 0 heterocycles. The SMILES string of the molecule is CCCCNC(=O)[C@@H](CC)N(Cc1ccc(F)cc1)C(=O)CN(c1cccc(F)c1)S(C)(=O)=O. The number of nitrogens with zero attached hydrogens (tertiary/aromatic N) is 2. The molecule has 0 bridgehead atoms. The van der Waals surface area contributed by atoms with Gasteiger partial charge >= 0.3 is 0 Å². The number of nitrogens with one attached hydrogen (secondary N) is 1. The highest BCUT2D eigenvalue weighted by Gasteiger charge is 2.31. The molecule has 0 aromatic heterocycles. The average molecular weight is 496 g/mol. The summed E-state index contributed by atoms with van der Waals surface area (Å²) in [6, 6.07) is 9.54. The quantitative estimate of drug-likeness (QED) is 0.457. The number of halogens is 2. The highest BCUT2D eigenvalue weighted by atomic mass is 32.2. The largest absolute Gasteiger partial charge is 0.354 e. The Morgan fingerprint density at radius 1 is 1.03 bits per heavy atom. The van der Waals surface area contributed by atoms with Crippen LogP contribution >= 0.6 is 0 Å². The first-order chi connectivity index (χ1) is 16.1. The molecule has 34 heavy (non-hydrogen) atoms. The van der Waals surface area contributed by atoms with Gasteiger partial charge in [0, 0.05) is 13.1 Å². The van der Waals surface area contributed by atoms with Crippen molar-refractivity contribution >= 4 is 27.5 Å². The van der Waals surface area contributed by atoms with Gasteiger partial charge in [-0.2, -0.15) is 0 Å². The molecule has 0 fully saturated rings. The maximum absolute atomic E-state index is 13.8. The van der Waals surface area contributed by atoms with E-state index in [1.54, 1.807) is 6.92 Å². The second kappa shape index (κ2) is 12.5. The molecule has 2 aromatic carbocycles. The predicted octanol–water partition coefficient (Wildman–Crippen LogP) is 3.45. The third-order valence-electron chi connectivity index (χ3n) is 5.26. The molecule has 2 rings (SSSR count). The number of carbonyl (C=O) groups is 2. The van der Waals surface area contributed by atoms with Gasteiger partial charge in [-0.3, -0.25) is 13.9 Å². The van der Waals surface area contributed by atoms with Crippen LogP contribution in [-0.4, -0.2) is 50.5 Å². The summed E-state index contributed by atoms with van der Waals surface area (Å²) in [4.78, 5) is 27.6.